The van der Waals surface area contributed by atoms with E-state index in [1.165, 1.54) is 81.9 Å². The summed E-state index contributed by atoms with van der Waals surface area (Å²) in [6, 6.07) is 88.5. The van der Waals surface area contributed by atoms with Gasteiger partial charge in [-0.05, 0) is 109 Å². The van der Waals surface area contributed by atoms with E-state index in [-0.39, 0.29) is 0 Å². The van der Waals surface area contributed by atoms with Crippen LogP contribution in [0.2, 0.25) is 0 Å². The Hall–Kier alpha value is -8.20. The summed E-state index contributed by atoms with van der Waals surface area (Å²) in [7, 11) is 0. The van der Waals surface area contributed by atoms with Crippen molar-refractivity contribution in [2.24, 2.45) is 0 Å². The van der Waals surface area contributed by atoms with Crippen molar-refractivity contribution in [1.29, 1.82) is 0 Å². The van der Waals surface area contributed by atoms with Gasteiger partial charge in [0.15, 0.2) is 0 Å². The van der Waals surface area contributed by atoms with Crippen LogP contribution in [0, 0.1) is 0 Å². The Morgan fingerprint density at radius 1 is 0.290 bits per heavy atom. The topological polar surface area (TPSA) is 8.17 Å². The normalized spacial score (nSPS) is 11.5. The van der Waals surface area contributed by atoms with Crippen LogP contribution in [0.1, 0.15) is 0 Å². The van der Waals surface area contributed by atoms with Crippen molar-refractivity contribution in [2.45, 2.75) is 0 Å². The summed E-state index contributed by atoms with van der Waals surface area (Å²) in [5, 5.41) is 9.91. The van der Waals surface area contributed by atoms with Crippen molar-refractivity contribution in [2.75, 3.05) is 4.90 Å². The molecule has 0 saturated carbocycles. The van der Waals surface area contributed by atoms with Crippen LogP contribution in [0.25, 0.3) is 93.2 Å². The maximum atomic E-state index is 2.47. The minimum atomic E-state index is 1.09. The Kier molecular flexibility index (Phi) is 8.53. The molecule has 1 heterocycles. The van der Waals surface area contributed by atoms with Crippen molar-refractivity contribution in [1.82, 2.24) is 4.57 Å². The second kappa shape index (κ2) is 14.8. The van der Waals surface area contributed by atoms with E-state index in [9.17, 15) is 0 Å². The largest absolute Gasteiger partial charge is 0.310 e. The van der Waals surface area contributed by atoms with E-state index in [0.29, 0.717) is 0 Å². The van der Waals surface area contributed by atoms with Crippen LogP contribution in [-0.4, -0.2) is 4.57 Å². The van der Waals surface area contributed by atoms with Crippen LogP contribution in [0.15, 0.2) is 243 Å². The van der Waals surface area contributed by atoms with Gasteiger partial charge in [-0.1, -0.05) is 188 Å². The lowest BCUT2D eigenvalue weighted by Crippen LogP contribution is -2.10. The van der Waals surface area contributed by atoms with Crippen LogP contribution >= 0.6 is 0 Å². The standard InChI is InChI=1S/C60H40N2/c1-2-17-45(18-3-1)60-53(27-14-30-58(60)62-57-28-11-10-25-54(57)55-39-46-19-4-5-20-47(46)40-59(55)62)44-33-37-49(38-34-44)61(56-29-13-22-42-16-7-9-24-52(42)56)48-35-31-43(32-36-48)51-26-12-21-41-15-6-8-23-50(41)51/h1-40H. The third-order valence-electron chi connectivity index (χ3n) is 12.6. The van der Waals surface area contributed by atoms with E-state index in [2.05, 4.69) is 252 Å². The van der Waals surface area contributed by atoms with Gasteiger partial charge >= 0.3 is 0 Å². The van der Waals surface area contributed by atoms with Crippen molar-refractivity contribution >= 4 is 71.2 Å². The molecule has 0 amide bonds. The first-order valence-electron chi connectivity index (χ1n) is 21.3. The molecule has 1 aromatic heterocycles. The smallest absolute Gasteiger partial charge is 0.0547 e. The number of rotatable bonds is 7. The van der Waals surface area contributed by atoms with E-state index < -0.39 is 0 Å². The molecule has 290 valence electrons. The lowest BCUT2D eigenvalue weighted by atomic mass is 9.92. The fourth-order valence-electron chi connectivity index (χ4n) is 9.68. The highest BCUT2D eigenvalue weighted by Gasteiger charge is 2.21. The predicted octanol–water partition coefficient (Wildman–Crippen LogP) is 16.7. The molecular formula is C60H40N2. The van der Waals surface area contributed by atoms with Crippen molar-refractivity contribution < 1.29 is 0 Å². The average Bonchev–Trinajstić information content (AvgIpc) is 3.66. The number of anilines is 3. The van der Waals surface area contributed by atoms with Gasteiger partial charge in [-0.15, -0.1) is 0 Å². The summed E-state index contributed by atoms with van der Waals surface area (Å²) in [6.45, 7) is 0. The van der Waals surface area contributed by atoms with Gasteiger partial charge in [0.1, 0.15) is 0 Å². The number of fused-ring (bicyclic) bond motifs is 6. The lowest BCUT2D eigenvalue weighted by Gasteiger charge is -2.27. The summed E-state index contributed by atoms with van der Waals surface area (Å²) in [5.41, 5.74) is 14.0. The van der Waals surface area contributed by atoms with Crippen molar-refractivity contribution in [3.05, 3.63) is 243 Å². The maximum absolute atomic E-state index is 2.47. The second-order valence-corrected chi connectivity index (χ2v) is 16.1. The third-order valence-corrected chi connectivity index (χ3v) is 12.6. The van der Waals surface area contributed by atoms with Crippen LogP contribution < -0.4 is 4.90 Å². The molecule has 0 saturated heterocycles. The zero-order valence-electron chi connectivity index (χ0n) is 34.0. The fraction of sp³-hybridized carbons (Fsp3) is 0. The second-order valence-electron chi connectivity index (χ2n) is 16.1. The minimum Gasteiger partial charge on any atom is -0.310 e. The van der Waals surface area contributed by atoms with Crippen LogP contribution in [-0.2, 0) is 0 Å². The molecule has 0 N–H and O–H groups in total. The first-order valence-corrected chi connectivity index (χ1v) is 21.3. The van der Waals surface area contributed by atoms with Gasteiger partial charge < -0.3 is 9.47 Å². The van der Waals surface area contributed by atoms with Gasteiger partial charge in [0.05, 0.1) is 22.4 Å². The van der Waals surface area contributed by atoms with E-state index in [1.807, 2.05) is 0 Å². The molecule has 62 heavy (non-hydrogen) atoms. The fourth-order valence-corrected chi connectivity index (χ4v) is 9.68. The van der Waals surface area contributed by atoms with E-state index in [0.717, 1.165) is 28.3 Å². The highest BCUT2D eigenvalue weighted by atomic mass is 15.1. The van der Waals surface area contributed by atoms with Gasteiger partial charge in [0.2, 0.25) is 0 Å². The first-order chi connectivity index (χ1) is 30.8. The van der Waals surface area contributed by atoms with Gasteiger partial charge in [0, 0.05) is 33.1 Å². The minimum absolute atomic E-state index is 1.09. The molecule has 0 aliphatic carbocycles. The van der Waals surface area contributed by atoms with Gasteiger partial charge in [-0.25, -0.2) is 0 Å². The van der Waals surface area contributed by atoms with Gasteiger partial charge in [-0.2, -0.15) is 0 Å². The number of aromatic nitrogens is 1. The van der Waals surface area contributed by atoms with Crippen LogP contribution in [0.5, 0.6) is 0 Å². The Labute approximate surface area is 360 Å². The summed E-state index contributed by atoms with van der Waals surface area (Å²) >= 11 is 0. The summed E-state index contributed by atoms with van der Waals surface area (Å²) in [6.07, 6.45) is 0. The lowest BCUT2D eigenvalue weighted by molar-refractivity contribution is 1.18. The molecule has 0 spiro atoms. The molecule has 0 radical (unpaired) electrons. The van der Waals surface area contributed by atoms with E-state index >= 15 is 0 Å². The third kappa shape index (κ3) is 5.96. The highest BCUT2D eigenvalue weighted by Crippen LogP contribution is 2.44. The highest BCUT2D eigenvalue weighted by molar-refractivity contribution is 6.14. The van der Waals surface area contributed by atoms with E-state index in [1.54, 1.807) is 0 Å². The Bertz CT molecular complexity index is 3610. The Balaban J connectivity index is 1.02. The van der Waals surface area contributed by atoms with E-state index in [4.69, 9.17) is 0 Å². The number of hydrogen-bond acceptors (Lipinski definition) is 1. The van der Waals surface area contributed by atoms with Crippen molar-refractivity contribution in [3.63, 3.8) is 0 Å². The monoisotopic (exact) mass is 788 g/mol. The zero-order valence-corrected chi connectivity index (χ0v) is 34.0. The molecule has 2 nitrogen and oxygen atoms in total. The van der Waals surface area contributed by atoms with Crippen LogP contribution in [0.4, 0.5) is 17.1 Å². The number of hydrogen-bond donors (Lipinski definition) is 0. The number of nitrogens with zero attached hydrogens (tertiary/aromatic N) is 2. The average molecular weight is 789 g/mol. The Morgan fingerprint density at radius 2 is 0.806 bits per heavy atom. The molecule has 0 aliphatic rings. The molecule has 11 aromatic carbocycles. The summed E-state index contributed by atoms with van der Waals surface area (Å²) in [4.78, 5) is 2.40. The predicted molar refractivity (Wildman–Crippen MR) is 264 cm³/mol. The first kappa shape index (κ1) is 35.7. The molecule has 0 bridgehead atoms. The number of para-hydroxylation sites is 1. The molecule has 0 atom stereocenters. The Morgan fingerprint density at radius 3 is 1.53 bits per heavy atom. The molecule has 12 rings (SSSR count). The molecule has 12 aromatic rings. The molecule has 0 unspecified atom stereocenters. The summed E-state index contributed by atoms with van der Waals surface area (Å²) < 4.78 is 2.47. The maximum Gasteiger partial charge on any atom is 0.0547 e. The quantitative estimate of drug-likeness (QED) is 0.156. The summed E-state index contributed by atoms with van der Waals surface area (Å²) in [5.74, 6) is 0. The molecular weight excluding hydrogens is 749 g/mol. The van der Waals surface area contributed by atoms with Crippen LogP contribution in [0.3, 0.4) is 0 Å². The molecule has 0 fully saturated rings. The zero-order chi connectivity index (χ0) is 41.0. The van der Waals surface area contributed by atoms with Crippen molar-refractivity contribution in [3.8, 4) is 39.1 Å². The number of benzene rings is 11. The molecule has 0 aliphatic heterocycles. The molecule has 2 heteroatoms. The van der Waals surface area contributed by atoms with Gasteiger partial charge in [-0.3, -0.25) is 0 Å². The van der Waals surface area contributed by atoms with Gasteiger partial charge in [0.25, 0.3) is 0 Å². The SMILES string of the molecule is c1ccc(-c2c(-c3ccc(N(c4ccc(-c5cccc6ccccc56)cc4)c4cccc5ccccc45)cc3)cccc2-n2c3ccccc3c3cc4ccccc4cc32)cc1.